The summed E-state index contributed by atoms with van der Waals surface area (Å²) < 4.78 is 108. The number of rotatable bonds is 7. The second-order valence-corrected chi connectivity index (χ2v) is 13.2. The molecule has 1 saturated heterocycles. The number of nitrogens with one attached hydrogen (secondary N) is 1. The van der Waals surface area contributed by atoms with Crippen LogP contribution in [0.1, 0.15) is 30.2 Å². The standard InChI is InChI=1S/C28H29F6N3O3S2/c1-17-13-18(35)10-12-37(17)23-6-3-5-20-21(15-27(29,30)31)25(41-26(20)23)7-4-11-36-22-9-8-19(42(2,38)39)14-24(22)40-16-28(32,33)34/h3,5-6,8-9,14,17-18,36H,10-13,15-16,35H2,1-2H3. The Balaban J connectivity index is 1.64. The molecule has 2 heterocycles. The lowest BCUT2D eigenvalue weighted by Crippen LogP contribution is -2.45. The molecule has 0 bridgehead atoms. The van der Waals surface area contributed by atoms with Crippen molar-refractivity contribution in [3.05, 3.63) is 46.8 Å². The van der Waals surface area contributed by atoms with E-state index in [1.54, 1.807) is 12.1 Å². The summed E-state index contributed by atoms with van der Waals surface area (Å²) in [5.74, 6) is 5.21. The van der Waals surface area contributed by atoms with Gasteiger partial charge >= 0.3 is 12.4 Å². The zero-order valence-corrected chi connectivity index (χ0v) is 24.3. The minimum absolute atomic E-state index is 0.0485. The van der Waals surface area contributed by atoms with Crippen LogP contribution < -0.4 is 20.7 Å². The van der Waals surface area contributed by atoms with Crippen molar-refractivity contribution in [1.29, 1.82) is 0 Å². The number of sulfone groups is 1. The number of benzene rings is 2. The number of anilines is 2. The predicted molar refractivity (Wildman–Crippen MR) is 152 cm³/mol. The Hall–Kier alpha value is -3.15. The number of fused-ring (bicyclic) bond motifs is 1. The van der Waals surface area contributed by atoms with Crippen LogP contribution in [-0.4, -0.2) is 58.8 Å². The molecule has 4 rings (SSSR count). The van der Waals surface area contributed by atoms with Crippen LogP contribution in [-0.2, 0) is 16.3 Å². The lowest BCUT2D eigenvalue weighted by Gasteiger charge is -2.38. The number of nitrogens with zero attached hydrogens (tertiary/aromatic N) is 1. The molecule has 0 aliphatic carbocycles. The molecule has 0 radical (unpaired) electrons. The van der Waals surface area contributed by atoms with E-state index in [1.165, 1.54) is 12.1 Å². The molecular weight excluding hydrogens is 604 g/mol. The molecule has 2 unspecified atom stereocenters. The number of hydrogen-bond acceptors (Lipinski definition) is 7. The van der Waals surface area contributed by atoms with E-state index >= 15 is 0 Å². The Labute approximate surface area is 243 Å². The first-order valence-electron chi connectivity index (χ1n) is 12.9. The van der Waals surface area contributed by atoms with E-state index in [-0.39, 0.29) is 45.4 Å². The van der Waals surface area contributed by atoms with Gasteiger partial charge in [0.05, 0.1) is 38.8 Å². The van der Waals surface area contributed by atoms with Crippen molar-refractivity contribution in [2.24, 2.45) is 5.73 Å². The number of halogens is 6. The van der Waals surface area contributed by atoms with Gasteiger partial charge in [0.2, 0.25) is 0 Å². The quantitative estimate of drug-likeness (QED) is 0.241. The minimum Gasteiger partial charge on any atom is -0.482 e. The molecule has 1 fully saturated rings. The number of hydrogen-bond donors (Lipinski definition) is 2. The predicted octanol–water partition coefficient (Wildman–Crippen LogP) is 6.13. The van der Waals surface area contributed by atoms with Crippen molar-refractivity contribution in [2.45, 2.75) is 55.5 Å². The van der Waals surface area contributed by atoms with Gasteiger partial charge in [-0.25, -0.2) is 8.42 Å². The van der Waals surface area contributed by atoms with Crippen LogP contribution in [0.2, 0.25) is 0 Å². The maximum absolute atomic E-state index is 13.6. The zero-order chi connectivity index (χ0) is 30.9. The molecule has 1 aromatic heterocycles. The van der Waals surface area contributed by atoms with Crippen LogP contribution in [0.4, 0.5) is 37.7 Å². The molecule has 228 valence electrons. The minimum atomic E-state index is -4.66. The topological polar surface area (TPSA) is 84.7 Å². The molecule has 6 nitrogen and oxygen atoms in total. The monoisotopic (exact) mass is 633 g/mol. The Bertz CT molecular complexity index is 1610. The molecular formula is C28H29F6N3O3S2. The number of piperidine rings is 1. The summed E-state index contributed by atoms with van der Waals surface area (Å²) in [5, 5.41) is 3.24. The Morgan fingerprint density at radius 2 is 1.88 bits per heavy atom. The number of ether oxygens (including phenoxy) is 1. The summed E-state index contributed by atoms with van der Waals surface area (Å²) >= 11 is 1.16. The van der Waals surface area contributed by atoms with Gasteiger partial charge in [0.15, 0.2) is 16.4 Å². The first-order chi connectivity index (χ1) is 19.5. The highest BCUT2D eigenvalue weighted by atomic mass is 32.2. The second kappa shape index (κ2) is 12.2. The summed E-state index contributed by atoms with van der Waals surface area (Å²) in [4.78, 5) is 2.15. The van der Waals surface area contributed by atoms with Gasteiger partial charge in [-0.05, 0) is 48.9 Å². The average molecular weight is 634 g/mol. The fourth-order valence-electron chi connectivity index (χ4n) is 4.85. The van der Waals surface area contributed by atoms with E-state index in [1.807, 2.05) is 13.0 Å². The molecule has 0 saturated carbocycles. The van der Waals surface area contributed by atoms with E-state index in [0.717, 1.165) is 42.2 Å². The average Bonchev–Trinajstić information content (AvgIpc) is 3.20. The maximum Gasteiger partial charge on any atom is 0.422 e. The first-order valence-corrected chi connectivity index (χ1v) is 15.6. The van der Waals surface area contributed by atoms with E-state index in [4.69, 9.17) is 10.5 Å². The van der Waals surface area contributed by atoms with Gasteiger partial charge in [-0.1, -0.05) is 24.0 Å². The van der Waals surface area contributed by atoms with Crippen molar-refractivity contribution in [3.63, 3.8) is 0 Å². The summed E-state index contributed by atoms with van der Waals surface area (Å²) in [6.07, 6.45) is -7.88. The lowest BCUT2D eigenvalue weighted by atomic mass is 9.98. The van der Waals surface area contributed by atoms with Gasteiger partial charge in [0, 0.05) is 31.0 Å². The molecule has 42 heavy (non-hydrogen) atoms. The maximum atomic E-state index is 13.6. The van der Waals surface area contributed by atoms with Crippen LogP contribution in [0, 0.1) is 11.8 Å². The van der Waals surface area contributed by atoms with E-state index < -0.39 is 35.2 Å². The van der Waals surface area contributed by atoms with Crippen molar-refractivity contribution >= 4 is 42.6 Å². The molecule has 0 amide bonds. The van der Waals surface area contributed by atoms with Crippen molar-refractivity contribution in [1.82, 2.24) is 0 Å². The van der Waals surface area contributed by atoms with Crippen molar-refractivity contribution in [2.75, 3.05) is 36.2 Å². The van der Waals surface area contributed by atoms with Crippen LogP contribution in [0.3, 0.4) is 0 Å². The highest BCUT2D eigenvalue weighted by Crippen LogP contribution is 2.41. The normalized spacial score (nSPS) is 18.1. The summed E-state index contributed by atoms with van der Waals surface area (Å²) in [6.45, 7) is 0.903. The van der Waals surface area contributed by atoms with Gasteiger partial charge in [-0.15, -0.1) is 11.3 Å². The van der Waals surface area contributed by atoms with Crippen LogP contribution in [0.25, 0.3) is 10.1 Å². The highest BCUT2D eigenvalue weighted by Gasteiger charge is 2.32. The smallest absolute Gasteiger partial charge is 0.422 e. The summed E-state index contributed by atoms with van der Waals surface area (Å²) in [6, 6.07) is 8.85. The SMILES string of the molecule is CC1CC(N)CCN1c1cccc2c(CC(F)(F)F)c(C#CCNc3ccc(S(C)(=O)=O)cc3OCC(F)(F)F)sc12. The molecule has 3 aromatic rings. The third-order valence-electron chi connectivity index (χ3n) is 6.74. The van der Waals surface area contributed by atoms with Crippen molar-refractivity contribution in [3.8, 4) is 17.6 Å². The van der Waals surface area contributed by atoms with Crippen LogP contribution in [0.5, 0.6) is 5.75 Å². The summed E-state index contributed by atoms with van der Waals surface area (Å²) in [5.41, 5.74) is 7.03. The number of nitrogens with two attached hydrogens (primary N) is 1. The highest BCUT2D eigenvalue weighted by molar-refractivity contribution is 7.90. The van der Waals surface area contributed by atoms with Crippen molar-refractivity contribution < 1.29 is 39.5 Å². The molecule has 2 aromatic carbocycles. The first kappa shape index (κ1) is 31.8. The largest absolute Gasteiger partial charge is 0.482 e. The zero-order valence-electron chi connectivity index (χ0n) is 22.7. The fraction of sp³-hybridized carbons (Fsp3) is 0.429. The molecule has 14 heteroatoms. The fourth-order valence-corrected chi connectivity index (χ4v) is 6.71. The Kier molecular flexibility index (Phi) is 9.25. The van der Waals surface area contributed by atoms with Gasteiger partial charge in [0.25, 0.3) is 0 Å². The van der Waals surface area contributed by atoms with E-state index in [9.17, 15) is 34.8 Å². The number of alkyl halides is 6. The van der Waals surface area contributed by atoms with Gasteiger partial charge in [-0.2, -0.15) is 26.3 Å². The summed E-state index contributed by atoms with van der Waals surface area (Å²) in [7, 11) is -3.72. The Morgan fingerprint density at radius 3 is 2.52 bits per heavy atom. The third-order valence-corrected chi connectivity index (χ3v) is 9.04. The molecule has 0 spiro atoms. The molecule has 1 aliphatic rings. The molecule has 1 aliphatic heterocycles. The Morgan fingerprint density at radius 1 is 1.14 bits per heavy atom. The van der Waals surface area contributed by atoms with E-state index in [2.05, 4.69) is 22.1 Å². The van der Waals surface area contributed by atoms with Gasteiger partial charge in [-0.3, -0.25) is 0 Å². The van der Waals surface area contributed by atoms with E-state index in [0.29, 0.717) is 16.6 Å². The van der Waals surface area contributed by atoms with Gasteiger partial charge in [0.1, 0.15) is 5.75 Å². The lowest BCUT2D eigenvalue weighted by molar-refractivity contribution is -0.153. The second-order valence-electron chi connectivity index (χ2n) is 10.2. The number of thiophene rings is 1. The van der Waals surface area contributed by atoms with Gasteiger partial charge < -0.3 is 20.7 Å². The molecule has 2 atom stereocenters. The third kappa shape index (κ3) is 8.02. The molecule has 3 N–H and O–H groups in total. The van der Waals surface area contributed by atoms with Crippen LogP contribution in [0.15, 0.2) is 41.3 Å². The van der Waals surface area contributed by atoms with Crippen LogP contribution >= 0.6 is 11.3 Å².